The van der Waals surface area contributed by atoms with Gasteiger partial charge < -0.3 is 10.0 Å². The lowest BCUT2D eigenvalue weighted by molar-refractivity contribution is -0.151. The number of carboxylic acid groups (broad SMARTS) is 1. The van der Waals surface area contributed by atoms with Gasteiger partial charge in [-0.05, 0) is 18.1 Å². The van der Waals surface area contributed by atoms with Crippen molar-refractivity contribution in [1.82, 2.24) is 9.88 Å². The molecule has 0 bridgehead atoms. The van der Waals surface area contributed by atoms with Gasteiger partial charge in [-0.15, -0.1) is 11.3 Å². The maximum absolute atomic E-state index is 12.5. The quantitative estimate of drug-likeness (QED) is 0.940. The second-order valence-corrected chi connectivity index (χ2v) is 6.45. The molecule has 114 valence electrons. The Morgan fingerprint density at radius 2 is 2.09 bits per heavy atom. The predicted octanol–water partition coefficient (Wildman–Crippen LogP) is 2.03. The van der Waals surface area contributed by atoms with Crippen LogP contribution in [0.25, 0.3) is 0 Å². The number of amides is 1. The van der Waals surface area contributed by atoms with Gasteiger partial charge in [-0.25, -0.2) is 9.78 Å². The van der Waals surface area contributed by atoms with Crippen molar-refractivity contribution < 1.29 is 14.7 Å². The third-order valence-corrected chi connectivity index (χ3v) is 4.68. The normalized spacial score (nSPS) is 17.1. The van der Waals surface area contributed by atoms with E-state index in [4.69, 9.17) is 0 Å². The molecule has 0 aliphatic carbocycles. The van der Waals surface area contributed by atoms with Crippen molar-refractivity contribution in [2.45, 2.75) is 32.4 Å². The number of nitrogens with zero attached hydrogens (tertiary/aromatic N) is 2. The molecule has 0 saturated heterocycles. The van der Waals surface area contributed by atoms with Crippen molar-refractivity contribution in [2.24, 2.45) is 0 Å². The monoisotopic (exact) mass is 316 g/mol. The van der Waals surface area contributed by atoms with Gasteiger partial charge in [0.2, 0.25) is 5.91 Å². The van der Waals surface area contributed by atoms with E-state index < -0.39 is 12.0 Å². The predicted molar refractivity (Wildman–Crippen MR) is 82.7 cm³/mol. The molecule has 0 radical (unpaired) electrons. The maximum Gasteiger partial charge on any atom is 0.326 e. The summed E-state index contributed by atoms with van der Waals surface area (Å²) in [7, 11) is 0. The standard InChI is InChI=1S/C16H16N2O3S/c1-10-17-13(9-22-10)7-15(19)18-8-12-5-3-2-4-11(12)6-14(18)16(20)21/h2-5,9,14H,6-8H2,1H3,(H,20,21). The summed E-state index contributed by atoms with van der Waals surface area (Å²) in [4.78, 5) is 29.8. The van der Waals surface area contributed by atoms with Gasteiger partial charge in [-0.2, -0.15) is 0 Å². The van der Waals surface area contributed by atoms with Crippen molar-refractivity contribution in [3.8, 4) is 0 Å². The maximum atomic E-state index is 12.5. The Kier molecular flexibility index (Phi) is 3.94. The van der Waals surface area contributed by atoms with E-state index in [1.807, 2.05) is 36.6 Å². The minimum atomic E-state index is -0.961. The molecule has 1 unspecified atom stereocenters. The van der Waals surface area contributed by atoms with Crippen LogP contribution in [0.15, 0.2) is 29.6 Å². The molecule has 0 fully saturated rings. The number of carbonyl (C=O) groups excluding carboxylic acids is 1. The number of fused-ring (bicyclic) bond motifs is 1. The fourth-order valence-electron chi connectivity index (χ4n) is 2.75. The second-order valence-electron chi connectivity index (χ2n) is 5.38. The number of rotatable bonds is 3. The highest BCUT2D eigenvalue weighted by molar-refractivity contribution is 7.09. The molecule has 1 aliphatic heterocycles. The Bertz CT molecular complexity index is 726. The minimum Gasteiger partial charge on any atom is -0.480 e. The van der Waals surface area contributed by atoms with Crippen LogP contribution in [0, 0.1) is 6.92 Å². The largest absolute Gasteiger partial charge is 0.480 e. The van der Waals surface area contributed by atoms with Gasteiger partial charge >= 0.3 is 5.97 Å². The van der Waals surface area contributed by atoms with Crippen LogP contribution in [0.3, 0.4) is 0 Å². The second kappa shape index (κ2) is 5.88. The fraction of sp³-hybridized carbons (Fsp3) is 0.312. The lowest BCUT2D eigenvalue weighted by Gasteiger charge is -2.34. The summed E-state index contributed by atoms with van der Waals surface area (Å²) in [5.41, 5.74) is 2.72. The summed E-state index contributed by atoms with van der Waals surface area (Å²) in [6, 6.07) is 6.87. The molecule has 2 heterocycles. The van der Waals surface area contributed by atoms with Crippen molar-refractivity contribution in [3.05, 3.63) is 51.5 Å². The highest BCUT2D eigenvalue weighted by Crippen LogP contribution is 2.24. The molecule has 1 N–H and O–H groups in total. The lowest BCUT2D eigenvalue weighted by atomic mass is 9.93. The summed E-state index contributed by atoms with van der Waals surface area (Å²) in [6.07, 6.45) is 0.504. The number of hydrogen-bond acceptors (Lipinski definition) is 4. The highest BCUT2D eigenvalue weighted by atomic mass is 32.1. The Balaban J connectivity index is 1.84. The van der Waals surface area contributed by atoms with Crippen LogP contribution in [-0.4, -0.2) is 32.9 Å². The van der Waals surface area contributed by atoms with Gasteiger partial charge in [0.05, 0.1) is 17.1 Å². The molecule has 1 aliphatic rings. The van der Waals surface area contributed by atoms with Crippen LogP contribution in [0.5, 0.6) is 0 Å². The van der Waals surface area contributed by atoms with E-state index in [1.54, 1.807) is 0 Å². The molecule has 0 spiro atoms. The van der Waals surface area contributed by atoms with E-state index in [2.05, 4.69) is 4.98 Å². The van der Waals surface area contributed by atoms with Crippen LogP contribution in [0.1, 0.15) is 21.8 Å². The van der Waals surface area contributed by atoms with E-state index in [1.165, 1.54) is 16.2 Å². The molecule has 6 heteroatoms. The van der Waals surface area contributed by atoms with Gasteiger partial charge in [-0.1, -0.05) is 24.3 Å². The zero-order valence-corrected chi connectivity index (χ0v) is 13.0. The van der Waals surface area contributed by atoms with E-state index in [-0.39, 0.29) is 12.3 Å². The van der Waals surface area contributed by atoms with E-state index in [9.17, 15) is 14.7 Å². The fourth-order valence-corrected chi connectivity index (χ4v) is 3.36. The lowest BCUT2D eigenvalue weighted by Crippen LogP contribution is -2.49. The van der Waals surface area contributed by atoms with Crippen molar-refractivity contribution >= 4 is 23.2 Å². The van der Waals surface area contributed by atoms with Crippen molar-refractivity contribution in [2.75, 3.05) is 0 Å². The van der Waals surface area contributed by atoms with Crippen molar-refractivity contribution in [1.29, 1.82) is 0 Å². The first-order valence-corrected chi connectivity index (χ1v) is 7.92. The third kappa shape index (κ3) is 2.87. The Labute approximate surface area is 132 Å². The van der Waals surface area contributed by atoms with Gasteiger partial charge in [0.25, 0.3) is 0 Å². The van der Waals surface area contributed by atoms with Gasteiger partial charge in [-0.3, -0.25) is 4.79 Å². The number of aromatic nitrogens is 1. The summed E-state index contributed by atoms with van der Waals surface area (Å²) in [5.74, 6) is -1.15. The van der Waals surface area contributed by atoms with Crippen LogP contribution >= 0.6 is 11.3 Å². The molecule has 1 atom stereocenters. The molecule has 3 rings (SSSR count). The number of aryl methyl sites for hydroxylation is 1. The first-order chi connectivity index (χ1) is 10.5. The third-order valence-electron chi connectivity index (χ3n) is 3.85. The van der Waals surface area contributed by atoms with E-state index in [0.29, 0.717) is 18.7 Å². The summed E-state index contributed by atoms with van der Waals surface area (Å²) in [5, 5.41) is 12.2. The molecule has 1 aromatic heterocycles. The molecule has 5 nitrogen and oxygen atoms in total. The first kappa shape index (κ1) is 14.7. The molecule has 0 saturated carbocycles. The van der Waals surface area contributed by atoms with Gasteiger partial charge in [0.1, 0.15) is 6.04 Å². The summed E-state index contributed by atoms with van der Waals surface area (Å²) in [6.45, 7) is 2.23. The average molecular weight is 316 g/mol. The molecule has 1 amide bonds. The van der Waals surface area contributed by atoms with E-state index in [0.717, 1.165) is 16.1 Å². The van der Waals surface area contributed by atoms with Gasteiger partial charge in [0.15, 0.2) is 0 Å². The molecule has 2 aromatic rings. The number of benzene rings is 1. The topological polar surface area (TPSA) is 70.5 Å². The van der Waals surface area contributed by atoms with Gasteiger partial charge in [0, 0.05) is 18.3 Å². The first-order valence-electron chi connectivity index (χ1n) is 7.04. The molecule has 22 heavy (non-hydrogen) atoms. The highest BCUT2D eigenvalue weighted by Gasteiger charge is 2.34. The summed E-state index contributed by atoms with van der Waals surface area (Å²) < 4.78 is 0. The number of hydrogen-bond donors (Lipinski definition) is 1. The number of carbonyl (C=O) groups is 2. The Hall–Kier alpha value is -2.21. The number of thiazole rings is 1. The smallest absolute Gasteiger partial charge is 0.326 e. The molecule has 1 aromatic carbocycles. The van der Waals surface area contributed by atoms with E-state index >= 15 is 0 Å². The zero-order valence-electron chi connectivity index (χ0n) is 12.2. The Morgan fingerprint density at radius 3 is 2.73 bits per heavy atom. The number of aliphatic carboxylic acids is 1. The SMILES string of the molecule is Cc1nc(CC(=O)N2Cc3ccccc3CC2C(=O)O)cs1. The number of carboxylic acids is 1. The van der Waals surface area contributed by atoms with Crippen LogP contribution in [0.2, 0.25) is 0 Å². The van der Waals surface area contributed by atoms with Crippen LogP contribution in [0.4, 0.5) is 0 Å². The zero-order chi connectivity index (χ0) is 15.7. The average Bonchev–Trinajstić information content (AvgIpc) is 2.90. The van der Waals surface area contributed by atoms with Crippen LogP contribution < -0.4 is 0 Å². The summed E-state index contributed by atoms with van der Waals surface area (Å²) >= 11 is 1.49. The Morgan fingerprint density at radius 1 is 1.36 bits per heavy atom. The van der Waals surface area contributed by atoms with Crippen LogP contribution in [-0.2, 0) is 29.0 Å². The molecular weight excluding hydrogens is 300 g/mol. The molecular formula is C16H16N2O3S. The minimum absolute atomic E-state index is 0.149. The van der Waals surface area contributed by atoms with Crippen molar-refractivity contribution in [3.63, 3.8) is 0 Å².